The Hall–Kier alpha value is -0.830. The van der Waals surface area contributed by atoms with Crippen LogP contribution in [0, 0.1) is 0 Å². The van der Waals surface area contributed by atoms with Gasteiger partial charge in [-0.05, 0) is 26.8 Å². The molecular formula is C10H18N2O. The molecule has 1 heterocycles. The van der Waals surface area contributed by atoms with Crippen LogP contribution in [0.3, 0.4) is 0 Å². The lowest BCUT2D eigenvalue weighted by Gasteiger charge is -2.42. The molecule has 74 valence electrons. The fourth-order valence-corrected chi connectivity index (χ4v) is 1.62. The minimum Gasteiger partial charge on any atom is -0.332 e. The zero-order chi connectivity index (χ0) is 9.90. The summed E-state index contributed by atoms with van der Waals surface area (Å²) in [6, 6.07) is 0. The molecule has 3 heteroatoms. The van der Waals surface area contributed by atoms with Crippen molar-refractivity contribution in [3.05, 3.63) is 12.2 Å². The topological polar surface area (TPSA) is 32.3 Å². The molecule has 0 spiro atoms. The van der Waals surface area contributed by atoms with Crippen LogP contribution in [-0.4, -0.2) is 36.0 Å². The SMILES string of the molecule is CC=CC(=O)N1CCNCC1(C)C. The Kier molecular flexibility index (Phi) is 3.09. The van der Waals surface area contributed by atoms with Crippen LogP contribution in [0.1, 0.15) is 20.8 Å². The Morgan fingerprint density at radius 3 is 2.77 bits per heavy atom. The zero-order valence-electron chi connectivity index (χ0n) is 8.63. The molecule has 0 aromatic heterocycles. The monoisotopic (exact) mass is 182 g/mol. The number of carbonyl (C=O) groups is 1. The second-order valence-corrected chi connectivity index (χ2v) is 3.98. The summed E-state index contributed by atoms with van der Waals surface area (Å²) in [4.78, 5) is 13.5. The molecule has 0 aliphatic carbocycles. The smallest absolute Gasteiger partial charge is 0.246 e. The number of piperazine rings is 1. The fraction of sp³-hybridized carbons (Fsp3) is 0.700. The van der Waals surface area contributed by atoms with Crippen LogP contribution in [0.2, 0.25) is 0 Å². The van der Waals surface area contributed by atoms with Crippen molar-refractivity contribution in [3.63, 3.8) is 0 Å². The van der Waals surface area contributed by atoms with Crippen molar-refractivity contribution in [2.75, 3.05) is 19.6 Å². The molecular weight excluding hydrogens is 164 g/mol. The Labute approximate surface area is 79.8 Å². The number of nitrogens with zero attached hydrogens (tertiary/aromatic N) is 1. The zero-order valence-corrected chi connectivity index (χ0v) is 8.63. The van der Waals surface area contributed by atoms with E-state index in [-0.39, 0.29) is 11.4 Å². The molecule has 1 rings (SSSR count). The number of hydrogen-bond donors (Lipinski definition) is 1. The van der Waals surface area contributed by atoms with E-state index in [0.717, 1.165) is 19.6 Å². The highest BCUT2D eigenvalue weighted by Gasteiger charge is 2.31. The highest BCUT2D eigenvalue weighted by Crippen LogP contribution is 2.16. The van der Waals surface area contributed by atoms with Gasteiger partial charge in [0.25, 0.3) is 0 Å². The average Bonchev–Trinajstić information content (AvgIpc) is 2.03. The molecule has 1 aliphatic heterocycles. The van der Waals surface area contributed by atoms with Gasteiger partial charge in [-0.3, -0.25) is 4.79 Å². The van der Waals surface area contributed by atoms with Gasteiger partial charge >= 0.3 is 0 Å². The number of rotatable bonds is 1. The van der Waals surface area contributed by atoms with Gasteiger partial charge in [-0.2, -0.15) is 0 Å². The van der Waals surface area contributed by atoms with Gasteiger partial charge in [0.2, 0.25) is 5.91 Å². The summed E-state index contributed by atoms with van der Waals surface area (Å²) < 4.78 is 0. The van der Waals surface area contributed by atoms with Crippen LogP contribution in [0.25, 0.3) is 0 Å². The van der Waals surface area contributed by atoms with Crippen LogP contribution < -0.4 is 5.32 Å². The lowest BCUT2D eigenvalue weighted by atomic mass is 10.00. The lowest BCUT2D eigenvalue weighted by molar-refractivity contribution is -0.132. The summed E-state index contributed by atoms with van der Waals surface area (Å²) in [7, 11) is 0. The Morgan fingerprint density at radius 1 is 1.54 bits per heavy atom. The van der Waals surface area contributed by atoms with E-state index in [1.807, 2.05) is 11.8 Å². The van der Waals surface area contributed by atoms with Gasteiger partial charge < -0.3 is 10.2 Å². The molecule has 0 unspecified atom stereocenters. The number of allylic oxidation sites excluding steroid dienone is 1. The molecule has 1 saturated heterocycles. The maximum Gasteiger partial charge on any atom is 0.246 e. The first-order valence-corrected chi connectivity index (χ1v) is 4.73. The van der Waals surface area contributed by atoms with Crippen molar-refractivity contribution in [2.45, 2.75) is 26.3 Å². The van der Waals surface area contributed by atoms with Gasteiger partial charge in [-0.25, -0.2) is 0 Å². The third-order valence-corrected chi connectivity index (χ3v) is 2.38. The molecule has 3 nitrogen and oxygen atoms in total. The first-order valence-electron chi connectivity index (χ1n) is 4.73. The van der Waals surface area contributed by atoms with Gasteiger partial charge in [0, 0.05) is 19.6 Å². The molecule has 1 amide bonds. The largest absolute Gasteiger partial charge is 0.332 e. The van der Waals surface area contributed by atoms with Crippen LogP contribution in [0.15, 0.2) is 12.2 Å². The fourth-order valence-electron chi connectivity index (χ4n) is 1.62. The predicted molar refractivity (Wildman–Crippen MR) is 53.5 cm³/mol. The van der Waals surface area contributed by atoms with Gasteiger partial charge in [0.15, 0.2) is 0 Å². The standard InChI is InChI=1S/C10H18N2O/c1-4-5-9(13)12-7-6-11-8-10(12,2)3/h4-5,11H,6-8H2,1-3H3. The Bertz CT molecular complexity index is 221. The highest BCUT2D eigenvalue weighted by atomic mass is 16.2. The Balaban J connectivity index is 2.70. The van der Waals surface area contributed by atoms with E-state index in [9.17, 15) is 4.79 Å². The number of carbonyl (C=O) groups excluding carboxylic acids is 1. The maximum absolute atomic E-state index is 11.6. The second-order valence-electron chi connectivity index (χ2n) is 3.98. The minimum absolute atomic E-state index is 0.0607. The summed E-state index contributed by atoms with van der Waals surface area (Å²) in [5.74, 6) is 0.119. The normalized spacial score (nSPS) is 22.2. The number of hydrogen-bond acceptors (Lipinski definition) is 2. The summed E-state index contributed by atoms with van der Waals surface area (Å²) in [6.07, 6.45) is 3.42. The average molecular weight is 182 g/mol. The molecule has 0 radical (unpaired) electrons. The van der Waals surface area contributed by atoms with E-state index in [2.05, 4.69) is 19.2 Å². The number of nitrogens with one attached hydrogen (secondary N) is 1. The Morgan fingerprint density at radius 2 is 2.23 bits per heavy atom. The summed E-state index contributed by atoms with van der Waals surface area (Å²) >= 11 is 0. The van der Waals surface area contributed by atoms with E-state index in [1.165, 1.54) is 0 Å². The van der Waals surface area contributed by atoms with Crippen molar-refractivity contribution in [2.24, 2.45) is 0 Å². The quantitative estimate of drug-likeness (QED) is 0.608. The molecule has 0 aromatic carbocycles. The van der Waals surface area contributed by atoms with Crippen LogP contribution in [0.5, 0.6) is 0 Å². The van der Waals surface area contributed by atoms with Crippen molar-refractivity contribution in [1.82, 2.24) is 10.2 Å². The van der Waals surface area contributed by atoms with Crippen LogP contribution in [-0.2, 0) is 4.79 Å². The van der Waals surface area contributed by atoms with Crippen molar-refractivity contribution in [3.8, 4) is 0 Å². The van der Waals surface area contributed by atoms with Crippen molar-refractivity contribution < 1.29 is 4.79 Å². The van der Waals surface area contributed by atoms with E-state index < -0.39 is 0 Å². The highest BCUT2D eigenvalue weighted by molar-refractivity contribution is 5.88. The predicted octanol–water partition coefficient (Wildman–Crippen LogP) is 0.773. The molecule has 1 N–H and O–H groups in total. The van der Waals surface area contributed by atoms with Gasteiger partial charge in [-0.15, -0.1) is 0 Å². The minimum atomic E-state index is -0.0607. The van der Waals surface area contributed by atoms with Crippen LogP contribution >= 0.6 is 0 Å². The molecule has 1 fully saturated rings. The molecule has 0 aromatic rings. The van der Waals surface area contributed by atoms with Crippen molar-refractivity contribution >= 4 is 5.91 Å². The third-order valence-electron chi connectivity index (χ3n) is 2.38. The first kappa shape index (κ1) is 10.3. The van der Waals surface area contributed by atoms with Crippen LogP contribution in [0.4, 0.5) is 0 Å². The van der Waals surface area contributed by atoms with E-state index >= 15 is 0 Å². The summed E-state index contributed by atoms with van der Waals surface area (Å²) in [6.45, 7) is 8.60. The number of amides is 1. The van der Waals surface area contributed by atoms with Gasteiger partial charge in [0.05, 0.1) is 5.54 Å². The van der Waals surface area contributed by atoms with E-state index in [4.69, 9.17) is 0 Å². The molecule has 0 saturated carbocycles. The second kappa shape index (κ2) is 3.92. The maximum atomic E-state index is 11.6. The summed E-state index contributed by atoms with van der Waals surface area (Å²) in [5.41, 5.74) is -0.0607. The first-order chi connectivity index (χ1) is 6.08. The van der Waals surface area contributed by atoms with E-state index in [0.29, 0.717) is 0 Å². The third kappa shape index (κ3) is 2.31. The molecule has 0 bridgehead atoms. The summed E-state index contributed by atoms with van der Waals surface area (Å²) in [5, 5.41) is 3.28. The lowest BCUT2D eigenvalue weighted by Crippen LogP contribution is -2.59. The van der Waals surface area contributed by atoms with Gasteiger partial charge in [-0.1, -0.05) is 6.08 Å². The van der Waals surface area contributed by atoms with E-state index in [1.54, 1.807) is 12.2 Å². The van der Waals surface area contributed by atoms with Gasteiger partial charge in [0.1, 0.15) is 0 Å². The van der Waals surface area contributed by atoms with Crippen molar-refractivity contribution in [1.29, 1.82) is 0 Å². The molecule has 1 aliphatic rings. The molecule has 0 atom stereocenters. The molecule has 13 heavy (non-hydrogen) atoms.